The third kappa shape index (κ3) is 4.49. The molecule has 46 valence electrons. The molecule has 9 heavy (non-hydrogen) atoms. The minimum atomic E-state index is 0.994. The third-order valence-electron chi connectivity index (χ3n) is 0.792. The number of nitriles is 1. The van der Waals surface area contributed by atoms with Crippen molar-refractivity contribution in [2.45, 2.75) is 6.92 Å². The Morgan fingerprint density at radius 1 is 1.78 bits per heavy atom. The predicted molar refractivity (Wildman–Crippen MR) is 38.1 cm³/mol. The maximum absolute atomic E-state index is 7.95. The quantitative estimate of drug-likeness (QED) is 0.310. The number of hydrogen-bond donors (Lipinski definition) is 0. The Hall–Kier alpha value is -1.36. The molecule has 0 heterocycles. The minimum absolute atomic E-state index is 0.994. The summed E-state index contributed by atoms with van der Waals surface area (Å²) in [5.74, 6) is 0. The second kappa shape index (κ2) is 4.79. The van der Waals surface area contributed by atoms with E-state index in [0.717, 1.165) is 5.57 Å². The Bertz CT molecular complexity index is 182. The van der Waals surface area contributed by atoms with Gasteiger partial charge in [-0.1, -0.05) is 18.2 Å². The zero-order valence-electron chi connectivity index (χ0n) is 5.33. The first-order valence-electron chi connectivity index (χ1n) is 2.52. The van der Waals surface area contributed by atoms with E-state index < -0.39 is 0 Å². The van der Waals surface area contributed by atoms with Gasteiger partial charge in [-0.3, -0.25) is 0 Å². The lowest BCUT2D eigenvalue weighted by atomic mass is 10.3. The molecule has 0 aliphatic heterocycles. The molecule has 0 rings (SSSR count). The summed E-state index contributed by atoms with van der Waals surface area (Å²) in [5.41, 5.74) is 0.994. The summed E-state index contributed by atoms with van der Waals surface area (Å²) in [6.07, 6.45) is 6.50. The van der Waals surface area contributed by atoms with Crippen molar-refractivity contribution in [1.29, 1.82) is 5.26 Å². The second-order valence-corrected chi connectivity index (χ2v) is 1.49. The lowest BCUT2D eigenvalue weighted by Crippen LogP contribution is -1.67. The van der Waals surface area contributed by atoms with Crippen LogP contribution in [-0.4, -0.2) is 6.21 Å². The molecule has 0 amide bonds. The van der Waals surface area contributed by atoms with Crippen LogP contribution in [0.25, 0.3) is 0 Å². The molecule has 0 aromatic carbocycles. The number of rotatable bonds is 2. The summed E-state index contributed by atoms with van der Waals surface area (Å²) < 4.78 is 0. The van der Waals surface area contributed by atoms with E-state index >= 15 is 0 Å². The van der Waals surface area contributed by atoms with Crippen molar-refractivity contribution in [2.75, 3.05) is 0 Å². The van der Waals surface area contributed by atoms with Crippen molar-refractivity contribution in [3.05, 3.63) is 24.3 Å². The van der Waals surface area contributed by atoms with Crippen molar-refractivity contribution in [1.82, 2.24) is 0 Å². The highest BCUT2D eigenvalue weighted by Gasteiger charge is 1.72. The van der Waals surface area contributed by atoms with E-state index in [1.165, 1.54) is 6.21 Å². The average molecular weight is 120 g/mol. The lowest BCUT2D eigenvalue weighted by Gasteiger charge is -1.80. The highest BCUT2D eigenvalue weighted by molar-refractivity contribution is 5.73. The molecule has 0 aliphatic rings. The number of nitrogens with zero attached hydrogens (tertiary/aromatic N) is 2. The van der Waals surface area contributed by atoms with E-state index in [-0.39, 0.29) is 0 Å². The lowest BCUT2D eigenvalue weighted by molar-refractivity contribution is 1.45. The Balaban J connectivity index is 3.86. The maximum atomic E-state index is 7.95. The summed E-state index contributed by atoms with van der Waals surface area (Å²) in [5, 5.41) is 7.95. The summed E-state index contributed by atoms with van der Waals surface area (Å²) in [6, 6.07) is 0. The van der Waals surface area contributed by atoms with Crippen molar-refractivity contribution >= 4 is 6.21 Å². The number of hydrogen-bond acceptors (Lipinski definition) is 2. The molecule has 0 spiro atoms. The molecule has 0 aromatic rings. The van der Waals surface area contributed by atoms with E-state index in [2.05, 4.69) is 11.6 Å². The first-order valence-corrected chi connectivity index (χ1v) is 2.52. The highest BCUT2D eigenvalue weighted by atomic mass is 14.7. The molecular formula is C7H8N2. The summed E-state index contributed by atoms with van der Waals surface area (Å²) in [7, 11) is 0. The van der Waals surface area contributed by atoms with Gasteiger partial charge in [-0.25, -0.2) is 0 Å². The molecule has 0 fully saturated rings. The second-order valence-electron chi connectivity index (χ2n) is 1.49. The average Bonchev–Trinajstić information content (AvgIpc) is 1.89. The van der Waals surface area contributed by atoms with Crippen LogP contribution in [-0.2, 0) is 0 Å². The molecule has 0 aromatic heterocycles. The van der Waals surface area contributed by atoms with Gasteiger partial charge in [0.2, 0.25) is 6.19 Å². The van der Waals surface area contributed by atoms with Crippen molar-refractivity contribution in [3.63, 3.8) is 0 Å². The van der Waals surface area contributed by atoms with Crippen LogP contribution in [0.2, 0.25) is 0 Å². The van der Waals surface area contributed by atoms with Crippen molar-refractivity contribution in [3.8, 4) is 6.19 Å². The topological polar surface area (TPSA) is 36.1 Å². The molecule has 2 heteroatoms. The van der Waals surface area contributed by atoms with Crippen LogP contribution in [0.15, 0.2) is 29.3 Å². The summed E-state index contributed by atoms with van der Waals surface area (Å²) >= 11 is 0. The van der Waals surface area contributed by atoms with Crippen LogP contribution < -0.4 is 0 Å². The zero-order valence-corrected chi connectivity index (χ0v) is 5.33. The van der Waals surface area contributed by atoms with Crippen LogP contribution in [0.1, 0.15) is 6.92 Å². The van der Waals surface area contributed by atoms with E-state index in [1.54, 1.807) is 18.3 Å². The monoisotopic (exact) mass is 120 g/mol. The third-order valence-corrected chi connectivity index (χ3v) is 0.792. The first kappa shape index (κ1) is 7.64. The smallest absolute Gasteiger partial charge is 0.182 e. The van der Waals surface area contributed by atoms with Gasteiger partial charge < -0.3 is 0 Å². The van der Waals surface area contributed by atoms with Crippen LogP contribution in [0.3, 0.4) is 0 Å². The van der Waals surface area contributed by atoms with E-state index in [4.69, 9.17) is 5.26 Å². The molecule has 0 saturated carbocycles. The van der Waals surface area contributed by atoms with Crippen molar-refractivity contribution < 1.29 is 0 Å². The van der Waals surface area contributed by atoms with E-state index in [9.17, 15) is 0 Å². The Morgan fingerprint density at radius 3 is 2.89 bits per heavy atom. The van der Waals surface area contributed by atoms with Crippen molar-refractivity contribution in [2.24, 2.45) is 4.99 Å². The molecule has 0 radical (unpaired) electrons. The fourth-order valence-electron chi connectivity index (χ4n) is 0.256. The SMILES string of the molecule is C=C/C(C)=C\C=N/C#N. The molecular weight excluding hydrogens is 112 g/mol. The van der Waals surface area contributed by atoms with Gasteiger partial charge in [-0.05, 0) is 13.0 Å². The predicted octanol–water partition coefficient (Wildman–Crippen LogP) is 1.67. The maximum Gasteiger partial charge on any atom is 0.205 e. The molecule has 0 N–H and O–H groups in total. The minimum Gasteiger partial charge on any atom is -0.182 e. The van der Waals surface area contributed by atoms with Crippen LogP contribution in [0.5, 0.6) is 0 Å². The van der Waals surface area contributed by atoms with Gasteiger partial charge in [0.05, 0.1) is 0 Å². The van der Waals surface area contributed by atoms with Gasteiger partial charge in [-0.15, -0.1) is 0 Å². The number of allylic oxidation sites excluding steroid dienone is 3. The van der Waals surface area contributed by atoms with Gasteiger partial charge in [-0.2, -0.15) is 10.3 Å². The molecule has 0 saturated heterocycles. The fraction of sp³-hybridized carbons (Fsp3) is 0.143. The Kier molecular flexibility index (Phi) is 4.07. The normalized spacial score (nSPS) is 11.3. The van der Waals surface area contributed by atoms with E-state index in [1.807, 2.05) is 6.92 Å². The molecule has 0 aliphatic carbocycles. The van der Waals surface area contributed by atoms with Crippen LogP contribution in [0.4, 0.5) is 0 Å². The standard InChI is InChI=1S/C7H8N2/c1-3-7(2)4-5-9-6-8/h3-5H,1H2,2H3/b7-4-,9-5-. The molecule has 2 nitrogen and oxygen atoms in total. The van der Waals surface area contributed by atoms with Gasteiger partial charge in [0.15, 0.2) is 0 Å². The van der Waals surface area contributed by atoms with Gasteiger partial charge in [0.25, 0.3) is 0 Å². The molecule has 0 unspecified atom stereocenters. The Labute approximate surface area is 54.8 Å². The summed E-state index contributed by atoms with van der Waals surface area (Å²) in [4.78, 5) is 3.32. The van der Waals surface area contributed by atoms with Crippen LogP contribution in [0, 0.1) is 11.5 Å². The van der Waals surface area contributed by atoms with Crippen LogP contribution >= 0.6 is 0 Å². The zero-order chi connectivity index (χ0) is 7.11. The summed E-state index contributed by atoms with van der Waals surface area (Å²) in [6.45, 7) is 5.41. The van der Waals surface area contributed by atoms with Gasteiger partial charge in [0.1, 0.15) is 0 Å². The molecule has 0 bridgehead atoms. The van der Waals surface area contributed by atoms with E-state index in [0.29, 0.717) is 0 Å². The van der Waals surface area contributed by atoms with Gasteiger partial charge >= 0.3 is 0 Å². The molecule has 0 atom stereocenters. The highest BCUT2D eigenvalue weighted by Crippen LogP contribution is 1.88. The largest absolute Gasteiger partial charge is 0.205 e. The Morgan fingerprint density at radius 2 is 2.44 bits per heavy atom. The number of aliphatic imine (C=N–C) groups is 1. The fourth-order valence-corrected chi connectivity index (χ4v) is 0.256. The first-order chi connectivity index (χ1) is 4.31. The van der Waals surface area contributed by atoms with Gasteiger partial charge in [0, 0.05) is 6.21 Å².